The van der Waals surface area contributed by atoms with Gasteiger partial charge >= 0.3 is 0 Å². The molecule has 4 rings (SSSR count). The largest absolute Gasteiger partial charge is 0.493 e. The van der Waals surface area contributed by atoms with Gasteiger partial charge in [-0.25, -0.2) is 8.42 Å². The van der Waals surface area contributed by atoms with Crippen molar-refractivity contribution in [2.45, 2.75) is 51.6 Å². The van der Waals surface area contributed by atoms with Crippen molar-refractivity contribution >= 4 is 39.1 Å². The molecule has 9 nitrogen and oxygen atoms in total. The monoisotopic (exact) mass is 705 g/mol. The summed E-state index contributed by atoms with van der Waals surface area (Å²) in [4.78, 5) is 30.0. The van der Waals surface area contributed by atoms with Gasteiger partial charge in [0.25, 0.3) is 10.0 Å². The summed E-state index contributed by atoms with van der Waals surface area (Å²) in [6, 6.07) is 25.2. The summed E-state index contributed by atoms with van der Waals surface area (Å²) in [5.74, 6) is -0.127. The van der Waals surface area contributed by atoms with Crippen LogP contribution in [0.4, 0.5) is 5.69 Å². The third-order valence-corrected chi connectivity index (χ3v) is 9.96. The second-order valence-corrected chi connectivity index (χ2v) is 14.7. The molecular weight excluding hydrogens is 662 g/mol. The Bertz CT molecular complexity index is 1830. The first kappa shape index (κ1) is 37.3. The molecule has 0 aromatic heterocycles. The quantitative estimate of drug-likeness (QED) is 0.150. The molecule has 4 aromatic rings. The predicted octanol–water partition coefficient (Wildman–Crippen LogP) is 6.58. The third kappa shape index (κ3) is 9.77. The van der Waals surface area contributed by atoms with Gasteiger partial charge < -0.3 is 19.7 Å². The number of carbonyl (C=O) groups is 2. The molecule has 0 fully saturated rings. The lowest BCUT2D eigenvalue weighted by Crippen LogP contribution is -2.53. The molecule has 260 valence electrons. The van der Waals surface area contributed by atoms with Crippen molar-refractivity contribution in [2.24, 2.45) is 5.92 Å². The maximum absolute atomic E-state index is 14.7. The van der Waals surface area contributed by atoms with E-state index in [1.807, 2.05) is 64.1 Å². The summed E-state index contributed by atoms with van der Waals surface area (Å²) in [6.45, 7) is 7.58. The summed E-state index contributed by atoms with van der Waals surface area (Å²) < 4.78 is 40.9. The third-order valence-electron chi connectivity index (χ3n) is 7.94. The van der Waals surface area contributed by atoms with Gasteiger partial charge in [-0.1, -0.05) is 74.0 Å². The number of carbonyl (C=O) groups excluding carboxylic acids is 2. The second kappa shape index (κ2) is 16.7. The van der Waals surface area contributed by atoms with Crippen LogP contribution in [0.2, 0.25) is 5.02 Å². The zero-order chi connectivity index (χ0) is 35.7. The number of nitrogens with zero attached hydrogens (tertiary/aromatic N) is 2. The van der Waals surface area contributed by atoms with Gasteiger partial charge in [0.15, 0.2) is 11.5 Å². The van der Waals surface area contributed by atoms with E-state index in [9.17, 15) is 18.0 Å². The highest BCUT2D eigenvalue weighted by molar-refractivity contribution is 7.92. The molecule has 0 aliphatic rings. The zero-order valence-corrected chi connectivity index (χ0v) is 30.3. The van der Waals surface area contributed by atoms with Crippen LogP contribution in [0.25, 0.3) is 0 Å². The molecule has 0 bridgehead atoms. The fourth-order valence-electron chi connectivity index (χ4n) is 5.49. The van der Waals surface area contributed by atoms with Crippen molar-refractivity contribution in [3.05, 3.63) is 118 Å². The minimum atomic E-state index is -4.35. The van der Waals surface area contributed by atoms with E-state index in [4.69, 9.17) is 21.1 Å². The highest BCUT2D eigenvalue weighted by Crippen LogP contribution is 2.33. The lowest BCUT2D eigenvalue weighted by atomic mass is 10.0. The number of methoxy groups -OCH3 is 2. The number of sulfonamides is 1. The zero-order valence-electron chi connectivity index (χ0n) is 28.8. The molecule has 0 heterocycles. The minimum Gasteiger partial charge on any atom is -0.493 e. The average Bonchev–Trinajstić information content (AvgIpc) is 3.07. The van der Waals surface area contributed by atoms with Crippen LogP contribution in [-0.2, 0) is 32.6 Å². The topological polar surface area (TPSA) is 105 Å². The number of rotatable bonds is 15. The van der Waals surface area contributed by atoms with Crippen LogP contribution >= 0.6 is 11.6 Å². The van der Waals surface area contributed by atoms with E-state index in [0.29, 0.717) is 23.0 Å². The number of ether oxygens (including phenoxy) is 2. The molecule has 0 spiro atoms. The SMILES string of the molecule is COc1ccc(S(=O)(=O)N(CC(=O)N(Cc2ccc(Cl)cc2)[C@@H](Cc2ccccc2)C(=O)NCC(C)C)c2cc(C)cc(C)c2)cc1OC. The van der Waals surface area contributed by atoms with Gasteiger partial charge in [-0.15, -0.1) is 0 Å². The van der Waals surface area contributed by atoms with Crippen LogP contribution in [0.5, 0.6) is 11.5 Å². The number of aryl methyl sites for hydroxylation is 2. The Morgan fingerprint density at radius 1 is 0.816 bits per heavy atom. The van der Waals surface area contributed by atoms with Crippen molar-refractivity contribution in [3.8, 4) is 11.5 Å². The Labute approximate surface area is 294 Å². The molecule has 4 aromatic carbocycles. The number of benzene rings is 4. The summed E-state index contributed by atoms with van der Waals surface area (Å²) in [6.07, 6.45) is 0.218. The Morgan fingerprint density at radius 2 is 1.45 bits per heavy atom. The minimum absolute atomic E-state index is 0.0414. The van der Waals surface area contributed by atoms with Crippen molar-refractivity contribution in [1.82, 2.24) is 10.2 Å². The van der Waals surface area contributed by atoms with E-state index in [1.165, 1.54) is 37.3 Å². The lowest BCUT2D eigenvalue weighted by Gasteiger charge is -2.34. The predicted molar refractivity (Wildman–Crippen MR) is 194 cm³/mol. The highest BCUT2D eigenvalue weighted by atomic mass is 35.5. The number of hydrogen-bond donors (Lipinski definition) is 1. The van der Waals surface area contributed by atoms with Crippen LogP contribution in [0, 0.1) is 19.8 Å². The molecule has 49 heavy (non-hydrogen) atoms. The number of amides is 2. The normalized spacial score (nSPS) is 11.9. The molecule has 0 unspecified atom stereocenters. The Balaban J connectivity index is 1.84. The van der Waals surface area contributed by atoms with Crippen molar-refractivity contribution in [3.63, 3.8) is 0 Å². The summed E-state index contributed by atoms with van der Waals surface area (Å²) in [5.41, 5.74) is 3.54. The smallest absolute Gasteiger partial charge is 0.264 e. The van der Waals surface area contributed by atoms with E-state index in [2.05, 4.69) is 5.32 Å². The second-order valence-electron chi connectivity index (χ2n) is 12.4. The van der Waals surface area contributed by atoms with E-state index in [-0.39, 0.29) is 35.4 Å². The molecular formula is C38H44ClN3O6S. The van der Waals surface area contributed by atoms with Gasteiger partial charge in [-0.2, -0.15) is 0 Å². The Kier molecular flexibility index (Phi) is 12.7. The molecule has 0 saturated heterocycles. The van der Waals surface area contributed by atoms with Crippen LogP contribution in [-0.4, -0.2) is 58.5 Å². The highest BCUT2D eigenvalue weighted by Gasteiger charge is 2.35. The van der Waals surface area contributed by atoms with E-state index in [0.717, 1.165) is 26.6 Å². The maximum Gasteiger partial charge on any atom is 0.264 e. The van der Waals surface area contributed by atoms with E-state index < -0.39 is 28.5 Å². The van der Waals surface area contributed by atoms with Crippen LogP contribution in [0.15, 0.2) is 95.9 Å². The standard InChI is InChI=1S/C38H44ClN3O6S/c1-26(2)23-40-38(44)34(21-29-10-8-7-9-11-29)41(24-30-12-14-31(39)15-13-30)37(43)25-42(32-19-27(3)18-28(4)20-32)49(45,46)33-16-17-35(47-5)36(22-33)48-6/h7-20,22,26,34H,21,23-25H2,1-6H3,(H,40,44)/t34-/m0/s1. The van der Waals surface area contributed by atoms with Gasteiger partial charge in [-0.05, 0) is 78.4 Å². The van der Waals surface area contributed by atoms with Crippen molar-refractivity contribution in [2.75, 3.05) is 31.6 Å². The molecule has 2 amide bonds. The summed E-state index contributed by atoms with van der Waals surface area (Å²) in [7, 11) is -1.46. The maximum atomic E-state index is 14.7. The Morgan fingerprint density at radius 3 is 2.04 bits per heavy atom. The van der Waals surface area contributed by atoms with E-state index >= 15 is 0 Å². The first-order valence-corrected chi connectivity index (χ1v) is 17.8. The Hall–Kier alpha value is -4.54. The van der Waals surface area contributed by atoms with Gasteiger partial charge in [0.2, 0.25) is 11.8 Å². The van der Waals surface area contributed by atoms with Gasteiger partial charge in [0.1, 0.15) is 12.6 Å². The van der Waals surface area contributed by atoms with Crippen LogP contribution in [0.3, 0.4) is 0 Å². The van der Waals surface area contributed by atoms with Crippen molar-refractivity contribution < 1.29 is 27.5 Å². The first-order valence-electron chi connectivity index (χ1n) is 16.0. The lowest BCUT2D eigenvalue weighted by molar-refractivity contribution is -0.140. The molecule has 0 radical (unpaired) electrons. The number of nitrogens with one attached hydrogen (secondary N) is 1. The molecule has 1 atom stereocenters. The first-order chi connectivity index (χ1) is 23.3. The molecule has 11 heteroatoms. The van der Waals surface area contributed by atoms with Crippen LogP contribution in [0.1, 0.15) is 36.1 Å². The van der Waals surface area contributed by atoms with Crippen molar-refractivity contribution in [1.29, 1.82) is 0 Å². The van der Waals surface area contributed by atoms with Gasteiger partial charge in [0, 0.05) is 30.6 Å². The number of anilines is 1. The van der Waals surface area contributed by atoms with Gasteiger partial charge in [0.05, 0.1) is 24.8 Å². The number of hydrogen-bond acceptors (Lipinski definition) is 6. The average molecular weight is 706 g/mol. The fraction of sp³-hybridized carbons (Fsp3) is 0.316. The molecule has 0 aliphatic heterocycles. The van der Waals surface area contributed by atoms with Gasteiger partial charge in [-0.3, -0.25) is 13.9 Å². The van der Waals surface area contributed by atoms with E-state index in [1.54, 1.807) is 36.4 Å². The molecule has 0 aliphatic carbocycles. The number of halogens is 1. The molecule has 1 N–H and O–H groups in total. The summed E-state index contributed by atoms with van der Waals surface area (Å²) in [5, 5.41) is 3.53. The summed E-state index contributed by atoms with van der Waals surface area (Å²) >= 11 is 6.18. The molecule has 0 saturated carbocycles. The fourth-order valence-corrected chi connectivity index (χ4v) is 7.03. The van der Waals surface area contributed by atoms with Crippen LogP contribution < -0.4 is 19.1 Å².